The molecule has 15 rings (SSSR count). The summed E-state index contributed by atoms with van der Waals surface area (Å²) >= 11 is 0. The van der Waals surface area contributed by atoms with Crippen LogP contribution in [0.3, 0.4) is 0 Å². The number of benzene rings is 15. The standard InChI is InChI=1S/C26H31OS.C21H21OS.C20H18OS.C19H17S.C18H15S/c1-4-5-6-13-18-27-26-21(2)19-25(20-22(26)3)28(23-14-9-7-10-15-23)24-16-11-8-12-17-24;1-16-14-20(15-17(2)21(16)22-3)23(18-10-6-4-7-11-18)19-12-8-5-9-13-19;1-15-13-19(14-16(2)20(15)21)22(17-9-5-3-6-10-17)18-11-7-4-8-12-18;1-16-12-14-19(15-13-16)20(17-8-4-2-5-9-17)18-10-6-3-7-11-18;1-4-10-16(11-5-1)19(17-12-6-2-7-13-17)18-14-8-3-9-15-18/h7-12,14-17,19-20H,4-6,13,18H2,1-3H3;4-15H,1-3H3;3-14H,1-2H3;2-15H,1H3;1-15H/q2*+1;;2*+1/p+1. The molecule has 0 spiro atoms. The van der Waals surface area contributed by atoms with Crippen LogP contribution in [0.4, 0.5) is 0 Å². The van der Waals surface area contributed by atoms with Crippen molar-refractivity contribution in [2.45, 2.75) is 155 Å². The van der Waals surface area contributed by atoms with E-state index in [1.807, 2.05) is 26.0 Å². The van der Waals surface area contributed by atoms with E-state index in [0.29, 0.717) is 5.75 Å². The molecule has 8 heteroatoms. The molecule has 1 N–H and O–H groups in total. The normalized spacial score (nSPS) is 10.8. The minimum Gasteiger partial charge on any atom is -0.507 e. The number of unbranched alkanes of at least 4 members (excludes halogenated alkanes) is 3. The summed E-state index contributed by atoms with van der Waals surface area (Å²) in [5.74, 6) is 2.44. The Morgan fingerprint density at radius 3 is 0.634 bits per heavy atom. The molecule has 0 fully saturated rings. The minimum atomic E-state index is -0.155. The van der Waals surface area contributed by atoms with Gasteiger partial charge in [-0.2, -0.15) is 0 Å². The highest BCUT2D eigenvalue weighted by atomic mass is 32.2. The van der Waals surface area contributed by atoms with E-state index in [1.54, 1.807) is 7.11 Å². The molecule has 0 bridgehead atoms. The van der Waals surface area contributed by atoms with Crippen LogP contribution in [-0.2, 0) is 54.5 Å². The molecule has 0 radical (unpaired) electrons. The Morgan fingerprint density at radius 1 is 0.223 bits per heavy atom. The molecule has 0 saturated heterocycles. The highest BCUT2D eigenvalue weighted by Gasteiger charge is 2.34. The van der Waals surface area contributed by atoms with Gasteiger partial charge in [-0.1, -0.05) is 244 Å². The van der Waals surface area contributed by atoms with E-state index >= 15 is 0 Å². The number of rotatable bonds is 22. The van der Waals surface area contributed by atoms with E-state index in [4.69, 9.17) is 9.47 Å². The van der Waals surface area contributed by atoms with Crippen molar-refractivity contribution in [2.24, 2.45) is 0 Å². The smallest absolute Gasteiger partial charge is 0.167 e. The van der Waals surface area contributed by atoms with Crippen molar-refractivity contribution in [1.82, 2.24) is 0 Å². The van der Waals surface area contributed by atoms with Crippen molar-refractivity contribution in [3.05, 3.63) is 433 Å². The van der Waals surface area contributed by atoms with E-state index < -0.39 is 0 Å². The maximum absolute atomic E-state index is 10.1. The minimum absolute atomic E-state index is 0.0146. The second-order valence-corrected chi connectivity index (χ2v) is 37.2. The predicted molar refractivity (Wildman–Crippen MR) is 478 cm³/mol. The second kappa shape index (κ2) is 43.3. The number of methoxy groups -OCH3 is 1. The first kappa shape index (κ1) is 82.4. The van der Waals surface area contributed by atoms with Crippen LogP contribution in [-0.4, -0.2) is 18.8 Å². The summed E-state index contributed by atoms with van der Waals surface area (Å²) in [4.78, 5) is 20.1. The first-order valence-corrected chi connectivity index (χ1v) is 44.5. The number of aromatic hydroxyl groups is 1. The first-order chi connectivity index (χ1) is 54.9. The third-order valence-corrected chi connectivity index (χ3v) is 29.6. The van der Waals surface area contributed by atoms with Gasteiger partial charge in [0.2, 0.25) is 0 Å². The molecular weight excluding hydrogens is 1460 g/mol. The zero-order valence-corrected chi connectivity index (χ0v) is 70.0. The summed E-state index contributed by atoms with van der Waals surface area (Å²) in [5, 5.41) is 10.1. The van der Waals surface area contributed by atoms with Crippen LogP contribution in [0.25, 0.3) is 0 Å². The molecule has 3 nitrogen and oxygen atoms in total. The second-order valence-electron chi connectivity index (χ2n) is 27.1. The van der Waals surface area contributed by atoms with Crippen LogP contribution in [0.2, 0.25) is 0 Å². The number of aryl methyl sites for hydroxylation is 7. The van der Waals surface area contributed by atoms with Gasteiger partial charge in [-0.25, -0.2) is 0 Å². The van der Waals surface area contributed by atoms with E-state index in [9.17, 15) is 5.11 Å². The summed E-state index contributed by atoms with van der Waals surface area (Å²) in [5.41, 5.74) is 8.00. The summed E-state index contributed by atoms with van der Waals surface area (Å²) in [6, 6.07) is 140. The van der Waals surface area contributed by atoms with Crippen molar-refractivity contribution in [3.63, 3.8) is 0 Å². The number of phenols is 1. The Bertz CT molecular complexity index is 4910. The van der Waals surface area contributed by atoms with Gasteiger partial charge in [0.15, 0.2) is 73.4 Å². The molecule has 112 heavy (non-hydrogen) atoms. The molecule has 0 aliphatic rings. The number of phenolic OH excluding ortho intramolecular Hbond substituents is 1. The van der Waals surface area contributed by atoms with E-state index in [1.165, 1.54) is 121 Å². The molecule has 0 atom stereocenters. The highest BCUT2D eigenvalue weighted by Crippen LogP contribution is 2.40. The van der Waals surface area contributed by atoms with Gasteiger partial charge in [0.1, 0.15) is 17.2 Å². The fourth-order valence-electron chi connectivity index (χ4n) is 13.2. The molecule has 0 unspecified atom stereocenters. The van der Waals surface area contributed by atoms with Gasteiger partial charge in [0, 0.05) is 36.4 Å². The number of hydrogen-bond donors (Lipinski definition) is 1. The van der Waals surface area contributed by atoms with Crippen molar-refractivity contribution in [3.8, 4) is 17.2 Å². The Hall–Kier alpha value is -10.6. The van der Waals surface area contributed by atoms with Crippen LogP contribution in [0.1, 0.15) is 71.6 Å². The quantitative estimate of drug-likeness (QED) is 0.0543. The largest absolute Gasteiger partial charge is 0.507 e. The maximum Gasteiger partial charge on any atom is 0.167 e. The fourth-order valence-corrected chi connectivity index (χ4v) is 24.2. The lowest BCUT2D eigenvalue weighted by Gasteiger charge is -2.15. The Morgan fingerprint density at radius 2 is 0.420 bits per heavy atom. The first-order valence-electron chi connectivity index (χ1n) is 38.4. The van der Waals surface area contributed by atoms with Gasteiger partial charge in [-0.05, 0) is 234 Å². The fraction of sp³-hybridized carbons (Fsp3) is 0.135. The molecule has 0 amide bonds. The van der Waals surface area contributed by atoms with Gasteiger partial charge < -0.3 is 14.6 Å². The number of hydrogen-bond acceptors (Lipinski definition) is 3. The molecule has 0 aliphatic carbocycles. The average molecular weight is 1560 g/mol. The lowest BCUT2D eigenvalue weighted by molar-refractivity contribution is 0.301. The molecule has 15 aromatic carbocycles. The van der Waals surface area contributed by atoms with Crippen LogP contribution < -0.4 is 9.47 Å². The van der Waals surface area contributed by atoms with Gasteiger partial charge in [-0.3, -0.25) is 0 Å². The van der Waals surface area contributed by atoms with Gasteiger partial charge in [-0.15, -0.1) is 0 Å². The molecular formula is C104H103O3S5+5. The van der Waals surface area contributed by atoms with Crippen LogP contribution in [0, 0.1) is 48.5 Å². The molecule has 15 aromatic rings. The Kier molecular flexibility index (Phi) is 31.9. The lowest BCUT2D eigenvalue weighted by Crippen LogP contribution is -2.07. The molecule has 0 saturated carbocycles. The van der Waals surface area contributed by atoms with Crippen LogP contribution in [0.15, 0.2) is 468 Å². The zero-order chi connectivity index (χ0) is 78.2. The summed E-state index contributed by atoms with van der Waals surface area (Å²) < 4.78 is 11.7. The summed E-state index contributed by atoms with van der Waals surface area (Å²) in [6.45, 7) is 17.7. The van der Waals surface area contributed by atoms with Crippen LogP contribution >= 0.6 is 0 Å². The average Bonchev–Trinajstić information content (AvgIpc) is 0.812. The van der Waals surface area contributed by atoms with Crippen molar-refractivity contribution >= 4 is 54.5 Å². The van der Waals surface area contributed by atoms with Gasteiger partial charge in [0.25, 0.3) is 0 Å². The highest BCUT2D eigenvalue weighted by molar-refractivity contribution is 7.98. The molecule has 562 valence electrons. The van der Waals surface area contributed by atoms with Gasteiger partial charge >= 0.3 is 0 Å². The van der Waals surface area contributed by atoms with Crippen molar-refractivity contribution < 1.29 is 14.6 Å². The lowest BCUT2D eigenvalue weighted by atomic mass is 10.1. The van der Waals surface area contributed by atoms with E-state index in [0.717, 1.165) is 35.7 Å². The number of ether oxygens (including phenoxy) is 2. The van der Waals surface area contributed by atoms with E-state index in [-0.39, 0.29) is 54.5 Å². The maximum atomic E-state index is 10.1. The predicted octanol–water partition coefficient (Wildman–Crippen LogP) is 27.7. The van der Waals surface area contributed by atoms with Crippen LogP contribution in [0.5, 0.6) is 17.2 Å². The van der Waals surface area contributed by atoms with E-state index in [2.05, 4.69) is 424 Å². The molecule has 0 heterocycles. The Labute approximate surface area is 682 Å². The monoisotopic (exact) mass is 1560 g/mol. The van der Waals surface area contributed by atoms with Crippen molar-refractivity contribution in [1.29, 1.82) is 0 Å². The molecule has 0 aliphatic heterocycles. The third-order valence-electron chi connectivity index (χ3n) is 18.5. The van der Waals surface area contributed by atoms with Crippen molar-refractivity contribution in [2.75, 3.05) is 13.7 Å². The zero-order valence-electron chi connectivity index (χ0n) is 65.9. The Balaban J connectivity index is 0.000000139. The summed E-state index contributed by atoms with van der Waals surface area (Å²) in [7, 11) is 1.34. The SMILES string of the molecule is CCCCCCOc1c(C)cc([S+](c2ccccc2)c2ccccc2)cc1C.COc1c(C)cc([S+](c2ccccc2)c2ccccc2)cc1C.Cc1cc([S+](c2ccccc2)c2ccccc2)cc(C)c1O.Cc1ccc([S+](c2ccccc2)c2ccccc2)cc1.c1ccc([S+](c2ccccc2)c2ccccc2)cc1. The third kappa shape index (κ3) is 23.1. The molecule has 0 aromatic heterocycles. The topological polar surface area (TPSA) is 38.7 Å². The summed E-state index contributed by atoms with van der Waals surface area (Å²) in [6.07, 6.45) is 4.93. The van der Waals surface area contributed by atoms with Gasteiger partial charge in [0.05, 0.1) is 68.2 Å².